The molecule has 2 aromatic rings. The van der Waals surface area contributed by atoms with Crippen molar-refractivity contribution in [3.8, 4) is 0 Å². The van der Waals surface area contributed by atoms with Gasteiger partial charge in [0.1, 0.15) is 12.1 Å². The molecular formula is C14H16N2O. The van der Waals surface area contributed by atoms with Crippen LogP contribution in [0.2, 0.25) is 0 Å². The highest BCUT2D eigenvalue weighted by Crippen LogP contribution is 2.24. The summed E-state index contributed by atoms with van der Waals surface area (Å²) in [7, 11) is 0. The van der Waals surface area contributed by atoms with Crippen molar-refractivity contribution in [1.29, 1.82) is 0 Å². The van der Waals surface area contributed by atoms with Gasteiger partial charge in [-0.15, -0.1) is 0 Å². The lowest BCUT2D eigenvalue weighted by Crippen LogP contribution is -2.23. The molecule has 88 valence electrons. The van der Waals surface area contributed by atoms with E-state index in [1.54, 1.807) is 0 Å². The molecule has 1 aromatic heterocycles. The molecule has 0 saturated carbocycles. The van der Waals surface area contributed by atoms with Gasteiger partial charge in [-0.1, -0.05) is 12.1 Å². The molecule has 0 saturated heterocycles. The quantitative estimate of drug-likeness (QED) is 0.754. The maximum Gasteiger partial charge on any atom is 0.150 e. The van der Waals surface area contributed by atoms with E-state index in [2.05, 4.69) is 23.7 Å². The van der Waals surface area contributed by atoms with Crippen LogP contribution in [0.1, 0.15) is 24.2 Å². The second-order valence-corrected chi connectivity index (χ2v) is 3.91. The smallest absolute Gasteiger partial charge is 0.150 e. The second-order valence-electron chi connectivity index (χ2n) is 3.91. The summed E-state index contributed by atoms with van der Waals surface area (Å²) in [6.07, 6.45) is 2.69. The van der Waals surface area contributed by atoms with Gasteiger partial charge in [-0.25, -0.2) is 4.98 Å². The number of hydrogen-bond donors (Lipinski definition) is 0. The average Bonchev–Trinajstić information content (AvgIpc) is 2.40. The summed E-state index contributed by atoms with van der Waals surface area (Å²) in [5, 5.41) is 2.16. The zero-order valence-corrected chi connectivity index (χ0v) is 10.2. The molecule has 0 atom stereocenters. The Balaban J connectivity index is 2.65. The van der Waals surface area contributed by atoms with Crippen LogP contribution in [0.3, 0.4) is 0 Å². The molecule has 0 N–H and O–H groups in total. The first-order chi connectivity index (χ1) is 8.30. The van der Waals surface area contributed by atoms with Gasteiger partial charge in [0, 0.05) is 30.2 Å². The molecule has 2 rings (SSSR count). The Hall–Kier alpha value is -1.90. The fraction of sp³-hybridized carbons (Fsp3) is 0.286. The first-order valence-electron chi connectivity index (χ1n) is 5.89. The van der Waals surface area contributed by atoms with Gasteiger partial charge in [0.2, 0.25) is 0 Å². The predicted molar refractivity (Wildman–Crippen MR) is 70.7 cm³/mol. The largest absolute Gasteiger partial charge is 0.357 e. The van der Waals surface area contributed by atoms with Gasteiger partial charge in [-0.3, -0.25) is 4.79 Å². The maximum absolute atomic E-state index is 10.8. The van der Waals surface area contributed by atoms with Crippen LogP contribution in [-0.2, 0) is 0 Å². The first-order valence-corrected chi connectivity index (χ1v) is 5.89. The van der Waals surface area contributed by atoms with Crippen LogP contribution in [0.15, 0.2) is 30.5 Å². The van der Waals surface area contributed by atoms with Gasteiger partial charge >= 0.3 is 0 Å². The van der Waals surface area contributed by atoms with Crippen LogP contribution in [-0.4, -0.2) is 24.4 Å². The summed E-state index contributed by atoms with van der Waals surface area (Å²) in [6.45, 7) is 6.03. The number of anilines is 1. The van der Waals surface area contributed by atoms with Gasteiger partial charge in [0.25, 0.3) is 0 Å². The number of benzene rings is 1. The van der Waals surface area contributed by atoms with Crippen LogP contribution in [0.25, 0.3) is 10.8 Å². The summed E-state index contributed by atoms with van der Waals surface area (Å²) in [4.78, 5) is 17.5. The summed E-state index contributed by atoms with van der Waals surface area (Å²) in [5.74, 6) is 0.955. The van der Waals surface area contributed by atoms with E-state index in [4.69, 9.17) is 0 Å². The molecule has 3 heteroatoms. The normalized spacial score (nSPS) is 10.5. The van der Waals surface area contributed by atoms with Crippen molar-refractivity contribution in [3.63, 3.8) is 0 Å². The van der Waals surface area contributed by atoms with Gasteiger partial charge < -0.3 is 4.90 Å². The lowest BCUT2D eigenvalue weighted by molar-refractivity contribution is 0.112. The molecule has 0 fully saturated rings. The van der Waals surface area contributed by atoms with Crippen molar-refractivity contribution in [2.75, 3.05) is 18.0 Å². The number of nitrogens with zero attached hydrogens (tertiary/aromatic N) is 2. The van der Waals surface area contributed by atoms with Gasteiger partial charge in [0.05, 0.1) is 0 Å². The van der Waals surface area contributed by atoms with Gasteiger partial charge in [-0.2, -0.15) is 0 Å². The molecule has 0 spiro atoms. The Morgan fingerprint density at radius 2 is 2.00 bits per heavy atom. The van der Waals surface area contributed by atoms with Crippen LogP contribution in [0.4, 0.5) is 5.82 Å². The number of rotatable bonds is 4. The summed E-state index contributed by atoms with van der Waals surface area (Å²) in [6, 6.07) is 7.68. The van der Waals surface area contributed by atoms with Crippen molar-refractivity contribution in [2.24, 2.45) is 0 Å². The van der Waals surface area contributed by atoms with E-state index >= 15 is 0 Å². The Morgan fingerprint density at radius 3 is 2.65 bits per heavy atom. The lowest BCUT2D eigenvalue weighted by atomic mass is 10.1. The number of carbonyl (C=O) groups is 1. The molecule has 0 aliphatic rings. The van der Waals surface area contributed by atoms with Crippen molar-refractivity contribution in [3.05, 3.63) is 36.0 Å². The molecule has 0 bridgehead atoms. The number of carbonyl (C=O) groups excluding carboxylic acids is 1. The zero-order chi connectivity index (χ0) is 12.3. The standard InChI is InChI=1S/C14H16N2O/c1-3-16(4-2)14-13-9-11(10-17)5-6-12(13)7-8-15-14/h5-10H,3-4H2,1-2H3. The highest BCUT2D eigenvalue weighted by molar-refractivity contribution is 5.95. The minimum atomic E-state index is 0.693. The number of hydrogen-bond acceptors (Lipinski definition) is 3. The summed E-state index contributed by atoms with van der Waals surface area (Å²) >= 11 is 0. The van der Waals surface area contributed by atoms with Crippen molar-refractivity contribution >= 4 is 22.9 Å². The van der Waals surface area contributed by atoms with Crippen LogP contribution >= 0.6 is 0 Å². The third-order valence-corrected chi connectivity index (χ3v) is 2.97. The minimum Gasteiger partial charge on any atom is -0.357 e. The predicted octanol–water partition coefficient (Wildman–Crippen LogP) is 2.89. The Kier molecular flexibility index (Phi) is 3.38. The fourth-order valence-corrected chi connectivity index (χ4v) is 2.02. The highest BCUT2D eigenvalue weighted by atomic mass is 16.1. The third kappa shape index (κ3) is 2.13. The van der Waals surface area contributed by atoms with E-state index in [1.165, 1.54) is 0 Å². The summed E-state index contributed by atoms with van der Waals surface area (Å²) in [5.41, 5.74) is 0.693. The number of aldehydes is 1. The van der Waals surface area contributed by atoms with E-state index in [1.807, 2.05) is 30.5 Å². The Bertz CT molecular complexity index is 533. The van der Waals surface area contributed by atoms with Crippen LogP contribution < -0.4 is 4.90 Å². The van der Waals surface area contributed by atoms with Gasteiger partial charge in [0.15, 0.2) is 0 Å². The average molecular weight is 228 g/mol. The molecule has 3 nitrogen and oxygen atoms in total. The van der Waals surface area contributed by atoms with Crippen LogP contribution in [0, 0.1) is 0 Å². The maximum atomic E-state index is 10.8. The van der Waals surface area contributed by atoms with Crippen molar-refractivity contribution < 1.29 is 4.79 Å². The lowest BCUT2D eigenvalue weighted by Gasteiger charge is -2.21. The molecule has 1 heterocycles. The van der Waals surface area contributed by atoms with Gasteiger partial charge in [-0.05, 0) is 31.4 Å². The molecule has 1 aromatic carbocycles. The number of pyridine rings is 1. The van der Waals surface area contributed by atoms with E-state index in [9.17, 15) is 4.79 Å². The highest BCUT2D eigenvalue weighted by Gasteiger charge is 2.08. The molecule has 0 unspecified atom stereocenters. The monoisotopic (exact) mass is 228 g/mol. The fourth-order valence-electron chi connectivity index (χ4n) is 2.02. The molecule has 0 aliphatic carbocycles. The van der Waals surface area contributed by atoms with E-state index in [0.717, 1.165) is 36.0 Å². The SMILES string of the molecule is CCN(CC)c1nccc2ccc(C=O)cc12. The topological polar surface area (TPSA) is 33.2 Å². The molecule has 17 heavy (non-hydrogen) atoms. The third-order valence-electron chi connectivity index (χ3n) is 2.97. The first kappa shape index (κ1) is 11.6. The number of aromatic nitrogens is 1. The van der Waals surface area contributed by atoms with Crippen molar-refractivity contribution in [1.82, 2.24) is 4.98 Å². The molecule has 0 aliphatic heterocycles. The molecule has 0 amide bonds. The Morgan fingerprint density at radius 1 is 1.24 bits per heavy atom. The van der Waals surface area contributed by atoms with E-state index < -0.39 is 0 Å². The van der Waals surface area contributed by atoms with E-state index in [-0.39, 0.29) is 0 Å². The molecular weight excluding hydrogens is 212 g/mol. The second kappa shape index (κ2) is 4.95. The minimum absolute atomic E-state index is 0.693. The Labute approximate surface area is 101 Å². The van der Waals surface area contributed by atoms with E-state index in [0.29, 0.717) is 5.56 Å². The zero-order valence-electron chi connectivity index (χ0n) is 10.2. The number of fused-ring (bicyclic) bond motifs is 1. The van der Waals surface area contributed by atoms with Crippen molar-refractivity contribution in [2.45, 2.75) is 13.8 Å². The van der Waals surface area contributed by atoms with Crippen LogP contribution in [0.5, 0.6) is 0 Å². The summed E-state index contributed by atoms with van der Waals surface area (Å²) < 4.78 is 0. The molecule has 0 radical (unpaired) electrons.